The van der Waals surface area contributed by atoms with Gasteiger partial charge in [-0.1, -0.05) is 19.9 Å². The number of piperidine rings is 3. The van der Waals surface area contributed by atoms with Crippen LogP contribution < -0.4 is 15.4 Å². The van der Waals surface area contributed by atoms with Crippen molar-refractivity contribution >= 4 is 45.1 Å². The SMILES string of the molecule is CC(C)c1cc(C(=O)N2Cc3ccc(OC4CCN(CC5CCN(C(=O)C6CCN(Cc7cc8nc(-c9cnc(N)nc9)nc(N9CCOCC9)c8s7)CC6)CC5)CC4)cc3C2)c(O)cc1O. The van der Waals surface area contributed by atoms with Crippen molar-refractivity contribution in [1.29, 1.82) is 0 Å². The molecule has 3 aromatic heterocycles. The van der Waals surface area contributed by atoms with Gasteiger partial charge in [0.25, 0.3) is 5.91 Å². The Kier molecular flexibility index (Phi) is 13.2. The molecule has 67 heavy (non-hydrogen) atoms. The van der Waals surface area contributed by atoms with Crippen LogP contribution in [-0.4, -0.2) is 140 Å². The van der Waals surface area contributed by atoms with E-state index >= 15 is 0 Å². The fourth-order valence-electron chi connectivity index (χ4n) is 10.5. The molecule has 2 aromatic carbocycles. The molecule has 5 aliphatic rings. The number of nitrogens with two attached hydrogens (primary N) is 1. The van der Waals surface area contributed by atoms with Gasteiger partial charge in [-0.3, -0.25) is 14.5 Å². The standard InChI is InChI=1S/C50H62N10O6S/c1-31(2)40-23-41(44(62)24-43(40)61)49(64)60-28-34-3-4-38(21-35(34)29-60)66-37-9-13-56(14-10-37)27-32-5-15-59(16-6-32)48(63)33-7-11-57(12-8-33)30-39-22-42-45(67-39)47(58-17-19-65-20-18-58)55-46(54-42)36-25-52-50(51)53-26-36/h3-4,21-26,31-33,37,61-62H,5-20,27-30H2,1-2H3,(H2,51,52,53). The smallest absolute Gasteiger partial charge is 0.258 e. The lowest BCUT2D eigenvalue weighted by Gasteiger charge is -2.39. The van der Waals surface area contributed by atoms with E-state index < -0.39 is 0 Å². The van der Waals surface area contributed by atoms with Gasteiger partial charge < -0.3 is 45.0 Å². The molecule has 5 aliphatic heterocycles. The molecule has 0 spiro atoms. The Morgan fingerprint density at radius 3 is 2.27 bits per heavy atom. The Morgan fingerprint density at radius 1 is 0.821 bits per heavy atom. The highest BCUT2D eigenvalue weighted by atomic mass is 32.1. The Balaban J connectivity index is 0.657. The molecule has 0 unspecified atom stereocenters. The molecular formula is C50H62N10O6S. The number of rotatable bonds is 11. The monoisotopic (exact) mass is 930 g/mol. The Hall–Kier alpha value is -5.62. The number of hydrogen-bond donors (Lipinski definition) is 3. The van der Waals surface area contributed by atoms with Crippen LogP contribution in [-0.2, 0) is 29.2 Å². The normalized spacial score (nSPS) is 19.4. The average molecular weight is 931 g/mol. The lowest BCUT2D eigenvalue weighted by atomic mass is 9.91. The molecule has 8 heterocycles. The number of likely N-dealkylation sites (tertiary alicyclic amines) is 3. The predicted octanol–water partition coefficient (Wildman–Crippen LogP) is 6.25. The van der Waals surface area contributed by atoms with Gasteiger partial charge in [-0.15, -0.1) is 11.3 Å². The molecule has 16 nitrogen and oxygen atoms in total. The van der Waals surface area contributed by atoms with E-state index in [0.717, 1.165) is 142 Å². The molecule has 5 aromatic rings. The lowest BCUT2D eigenvalue weighted by Crippen LogP contribution is -2.47. The number of thiophene rings is 1. The Bertz CT molecular complexity index is 2580. The van der Waals surface area contributed by atoms with E-state index in [1.165, 1.54) is 10.9 Å². The highest BCUT2D eigenvalue weighted by molar-refractivity contribution is 7.19. The van der Waals surface area contributed by atoms with Crippen LogP contribution in [0.15, 0.2) is 48.8 Å². The van der Waals surface area contributed by atoms with Gasteiger partial charge >= 0.3 is 0 Å². The first-order valence-electron chi connectivity index (χ1n) is 24.1. The number of nitrogens with zero attached hydrogens (tertiary/aromatic N) is 9. The second kappa shape index (κ2) is 19.5. The quantitative estimate of drug-likeness (QED) is 0.135. The maximum atomic E-state index is 13.8. The molecule has 17 heteroatoms. The minimum absolute atomic E-state index is 0.00133. The van der Waals surface area contributed by atoms with Gasteiger partial charge in [-0.2, -0.15) is 0 Å². The second-order valence-corrected chi connectivity index (χ2v) is 20.5. The van der Waals surface area contributed by atoms with E-state index in [4.69, 9.17) is 25.2 Å². The number of nitrogen functional groups attached to an aromatic ring is 1. The van der Waals surface area contributed by atoms with Gasteiger partial charge in [-0.25, -0.2) is 19.9 Å². The van der Waals surface area contributed by atoms with Gasteiger partial charge in [0.2, 0.25) is 11.9 Å². The zero-order chi connectivity index (χ0) is 46.2. The van der Waals surface area contributed by atoms with E-state index in [1.54, 1.807) is 34.7 Å². The molecule has 4 fully saturated rings. The average Bonchev–Trinajstić information content (AvgIpc) is 3.96. The highest BCUT2D eigenvalue weighted by Gasteiger charge is 2.33. The summed E-state index contributed by atoms with van der Waals surface area (Å²) in [7, 11) is 0. The summed E-state index contributed by atoms with van der Waals surface area (Å²) in [6.07, 6.45) is 9.28. The molecule has 10 rings (SSSR count). The predicted molar refractivity (Wildman–Crippen MR) is 257 cm³/mol. The number of fused-ring (bicyclic) bond motifs is 2. The first kappa shape index (κ1) is 45.2. The maximum absolute atomic E-state index is 13.8. The third kappa shape index (κ3) is 10.0. The van der Waals surface area contributed by atoms with E-state index in [-0.39, 0.29) is 46.9 Å². The number of amides is 2. The number of morpholine rings is 1. The third-order valence-electron chi connectivity index (χ3n) is 14.4. The number of ether oxygens (including phenoxy) is 2. The zero-order valence-electron chi connectivity index (χ0n) is 38.6. The van der Waals surface area contributed by atoms with Crippen molar-refractivity contribution in [3.8, 4) is 28.6 Å². The molecule has 4 N–H and O–H groups in total. The summed E-state index contributed by atoms with van der Waals surface area (Å²) in [5.74, 6) is 3.13. The summed E-state index contributed by atoms with van der Waals surface area (Å²) in [5.41, 5.74) is 10.4. The largest absolute Gasteiger partial charge is 0.508 e. The first-order valence-corrected chi connectivity index (χ1v) is 24.9. The van der Waals surface area contributed by atoms with Crippen LogP contribution in [0, 0.1) is 11.8 Å². The number of anilines is 2. The summed E-state index contributed by atoms with van der Waals surface area (Å²) in [5, 5.41) is 20.8. The van der Waals surface area contributed by atoms with Crippen molar-refractivity contribution in [3.63, 3.8) is 0 Å². The molecule has 4 saturated heterocycles. The van der Waals surface area contributed by atoms with E-state index in [2.05, 4.69) is 41.7 Å². The van der Waals surface area contributed by atoms with Gasteiger partial charge in [0.15, 0.2) is 11.6 Å². The fraction of sp³-hybridized carbons (Fsp3) is 0.520. The number of aromatic hydroxyl groups is 2. The van der Waals surface area contributed by atoms with E-state index in [0.29, 0.717) is 49.5 Å². The Morgan fingerprint density at radius 2 is 1.54 bits per heavy atom. The fourth-order valence-corrected chi connectivity index (χ4v) is 11.7. The molecule has 0 bridgehead atoms. The topological polar surface area (TPSA) is 187 Å². The lowest BCUT2D eigenvalue weighted by molar-refractivity contribution is -0.138. The summed E-state index contributed by atoms with van der Waals surface area (Å²) in [6.45, 7) is 15.0. The van der Waals surface area contributed by atoms with Crippen LogP contribution in [0.3, 0.4) is 0 Å². The number of carbonyl (C=O) groups excluding carboxylic acids is 2. The second-order valence-electron chi connectivity index (χ2n) is 19.3. The summed E-state index contributed by atoms with van der Waals surface area (Å²) in [6, 6.07) is 11.2. The van der Waals surface area contributed by atoms with E-state index in [9.17, 15) is 19.8 Å². The van der Waals surface area contributed by atoms with Crippen molar-refractivity contribution in [1.82, 2.24) is 39.5 Å². The molecule has 0 radical (unpaired) electrons. The van der Waals surface area contributed by atoms with Crippen LogP contribution in [0.4, 0.5) is 11.8 Å². The first-order chi connectivity index (χ1) is 32.5. The zero-order valence-corrected chi connectivity index (χ0v) is 39.4. The van der Waals surface area contributed by atoms with Crippen LogP contribution in [0.5, 0.6) is 17.2 Å². The van der Waals surface area contributed by atoms with Gasteiger partial charge in [0.1, 0.15) is 23.4 Å². The third-order valence-corrected chi connectivity index (χ3v) is 15.5. The van der Waals surface area contributed by atoms with E-state index in [1.807, 2.05) is 26.0 Å². The van der Waals surface area contributed by atoms with Crippen LogP contribution in [0.25, 0.3) is 21.6 Å². The van der Waals surface area contributed by atoms with Crippen molar-refractivity contribution < 1.29 is 29.3 Å². The number of phenols is 2. The highest BCUT2D eigenvalue weighted by Crippen LogP contribution is 2.38. The van der Waals surface area contributed by atoms with Crippen molar-refractivity contribution in [2.24, 2.45) is 11.8 Å². The van der Waals surface area contributed by atoms with Gasteiger partial charge in [0, 0.05) is 94.7 Å². The molecule has 0 saturated carbocycles. The number of phenolic OH excluding ortho intramolecular Hbond substituents is 2. The van der Waals surface area contributed by atoms with Gasteiger partial charge in [0.05, 0.1) is 34.6 Å². The molecule has 2 amide bonds. The number of benzene rings is 2. The minimum atomic E-state index is -0.252. The van der Waals surface area contributed by atoms with Gasteiger partial charge in [-0.05, 0) is 104 Å². The summed E-state index contributed by atoms with van der Waals surface area (Å²) >= 11 is 1.76. The molecule has 0 aliphatic carbocycles. The Labute approximate surface area is 395 Å². The summed E-state index contributed by atoms with van der Waals surface area (Å²) in [4.78, 5) is 58.0. The maximum Gasteiger partial charge on any atom is 0.258 e. The van der Waals surface area contributed by atoms with Crippen molar-refractivity contribution in [3.05, 3.63) is 75.9 Å². The molecular weight excluding hydrogens is 869 g/mol. The number of hydrogen-bond acceptors (Lipinski definition) is 15. The number of carbonyl (C=O) groups is 2. The number of aromatic nitrogens is 4. The minimum Gasteiger partial charge on any atom is -0.508 e. The van der Waals surface area contributed by atoms with Crippen molar-refractivity contribution in [2.45, 2.75) is 84.0 Å². The molecule has 0 atom stereocenters. The molecule has 354 valence electrons. The van der Waals surface area contributed by atoms with Crippen LogP contribution >= 0.6 is 11.3 Å². The summed E-state index contributed by atoms with van der Waals surface area (Å²) < 4.78 is 13.2. The van der Waals surface area contributed by atoms with Crippen LogP contribution in [0.1, 0.15) is 90.2 Å². The van der Waals surface area contributed by atoms with Crippen LogP contribution in [0.2, 0.25) is 0 Å². The van der Waals surface area contributed by atoms with Crippen molar-refractivity contribution in [2.75, 3.05) is 82.8 Å².